The van der Waals surface area contributed by atoms with Gasteiger partial charge in [0, 0.05) is 42.6 Å². The zero-order valence-electron chi connectivity index (χ0n) is 10.6. The molecule has 0 amide bonds. The second-order valence-corrected chi connectivity index (χ2v) is 7.81. The number of nitrogens with zero attached hydrogens (tertiary/aromatic N) is 3. The Balaban J connectivity index is 2.23. The Bertz CT molecular complexity index is 595. The van der Waals surface area contributed by atoms with Crippen molar-refractivity contribution in [2.75, 3.05) is 24.3 Å². The van der Waals surface area contributed by atoms with E-state index in [0.29, 0.717) is 24.5 Å². The first-order chi connectivity index (χ1) is 9.02. The molecule has 102 valence electrons. The van der Waals surface area contributed by atoms with Crippen LogP contribution in [0.2, 0.25) is 0 Å². The van der Waals surface area contributed by atoms with E-state index in [0.717, 1.165) is 11.3 Å². The summed E-state index contributed by atoms with van der Waals surface area (Å²) in [7, 11) is -3.11. The Morgan fingerprint density at radius 1 is 1.63 bits per heavy atom. The zero-order chi connectivity index (χ0) is 13.9. The van der Waals surface area contributed by atoms with Crippen LogP contribution in [-0.2, 0) is 16.4 Å². The van der Waals surface area contributed by atoms with Gasteiger partial charge in [0.2, 0.25) is 0 Å². The summed E-state index contributed by atoms with van der Waals surface area (Å²) in [5.41, 5.74) is 1.15. The van der Waals surface area contributed by atoms with Gasteiger partial charge in [-0.2, -0.15) is 17.0 Å². The minimum absolute atomic E-state index is 0.368. The fourth-order valence-electron chi connectivity index (χ4n) is 2.08. The quantitative estimate of drug-likeness (QED) is 0.824. The molecule has 0 radical (unpaired) electrons. The number of thioether (sulfide) groups is 1. The number of rotatable bonds is 3. The molecular weight excluding hydrogens is 282 g/mol. The molecule has 19 heavy (non-hydrogen) atoms. The van der Waals surface area contributed by atoms with E-state index in [9.17, 15) is 8.42 Å². The van der Waals surface area contributed by atoms with Gasteiger partial charge in [-0.3, -0.25) is 4.90 Å². The van der Waals surface area contributed by atoms with Crippen LogP contribution in [0, 0.1) is 11.3 Å². The van der Waals surface area contributed by atoms with Crippen molar-refractivity contribution in [3.63, 3.8) is 0 Å². The van der Waals surface area contributed by atoms with E-state index in [1.165, 1.54) is 6.26 Å². The van der Waals surface area contributed by atoms with Crippen LogP contribution in [0.25, 0.3) is 0 Å². The maximum absolute atomic E-state index is 11.8. The molecule has 1 aromatic rings. The molecule has 1 saturated heterocycles. The van der Waals surface area contributed by atoms with Crippen LogP contribution >= 0.6 is 11.8 Å². The van der Waals surface area contributed by atoms with E-state index in [2.05, 4.69) is 4.98 Å². The van der Waals surface area contributed by atoms with Crippen molar-refractivity contribution in [3.8, 4) is 6.07 Å². The van der Waals surface area contributed by atoms with Gasteiger partial charge in [-0.1, -0.05) is 6.07 Å². The molecule has 0 spiro atoms. The molecular formula is C12H15N3O2S2. The Labute approximate surface area is 117 Å². The van der Waals surface area contributed by atoms with Crippen LogP contribution in [-0.4, -0.2) is 48.0 Å². The van der Waals surface area contributed by atoms with Crippen molar-refractivity contribution >= 4 is 21.6 Å². The smallest absolute Gasteiger partial charge is 0.164 e. The lowest BCUT2D eigenvalue weighted by Gasteiger charge is -2.34. The highest BCUT2D eigenvalue weighted by molar-refractivity contribution is 8.00. The van der Waals surface area contributed by atoms with Gasteiger partial charge in [0.1, 0.15) is 17.1 Å². The lowest BCUT2D eigenvalue weighted by molar-refractivity contribution is 0.262. The normalized spacial score (nSPS) is 20.9. The Hall–Kier alpha value is -1.10. The molecule has 1 atom stereocenters. The largest absolute Gasteiger partial charge is 0.281 e. The highest BCUT2D eigenvalue weighted by atomic mass is 32.2. The van der Waals surface area contributed by atoms with Gasteiger partial charge in [-0.25, -0.2) is 13.4 Å². The molecule has 0 N–H and O–H groups in total. The number of sulfone groups is 1. The summed E-state index contributed by atoms with van der Waals surface area (Å²) in [5.74, 6) is 1.50. The second-order valence-electron chi connectivity index (χ2n) is 4.45. The summed E-state index contributed by atoms with van der Waals surface area (Å²) in [4.78, 5) is 5.93. The lowest BCUT2D eigenvalue weighted by atomic mass is 10.2. The maximum atomic E-state index is 11.8. The van der Waals surface area contributed by atoms with Crippen molar-refractivity contribution in [1.82, 2.24) is 9.88 Å². The summed E-state index contributed by atoms with van der Waals surface area (Å²) in [6, 6.07) is 5.64. The van der Waals surface area contributed by atoms with Crippen molar-refractivity contribution in [2.45, 2.75) is 11.9 Å². The van der Waals surface area contributed by atoms with Crippen LogP contribution in [0.5, 0.6) is 0 Å². The summed E-state index contributed by atoms with van der Waals surface area (Å²) in [6.07, 6.45) is 2.84. The van der Waals surface area contributed by atoms with Crippen molar-refractivity contribution in [1.29, 1.82) is 5.26 Å². The van der Waals surface area contributed by atoms with Gasteiger partial charge < -0.3 is 0 Å². The molecule has 2 rings (SSSR count). The molecule has 7 heteroatoms. The monoisotopic (exact) mass is 297 g/mol. The number of aromatic nitrogens is 1. The van der Waals surface area contributed by atoms with Crippen molar-refractivity contribution < 1.29 is 8.42 Å². The fraction of sp³-hybridized carbons (Fsp3) is 0.500. The third kappa shape index (κ3) is 3.47. The first-order valence-electron chi connectivity index (χ1n) is 5.87. The number of hydrogen-bond donors (Lipinski definition) is 0. The number of pyridine rings is 1. The first-order valence-corrected chi connectivity index (χ1v) is 8.98. The molecule has 1 aliphatic heterocycles. The minimum Gasteiger partial charge on any atom is -0.281 e. The van der Waals surface area contributed by atoms with Gasteiger partial charge in [0.05, 0.1) is 0 Å². The summed E-state index contributed by atoms with van der Waals surface area (Å²) < 4.78 is 23.6. The van der Waals surface area contributed by atoms with Crippen LogP contribution in [0.15, 0.2) is 18.3 Å². The molecule has 0 bridgehead atoms. The predicted octanol–water partition coefficient (Wildman–Crippen LogP) is 0.873. The Kier molecular flexibility index (Phi) is 4.45. The maximum Gasteiger partial charge on any atom is 0.164 e. The third-order valence-electron chi connectivity index (χ3n) is 3.06. The molecule has 1 unspecified atom stereocenters. The topological polar surface area (TPSA) is 74.1 Å². The second kappa shape index (κ2) is 5.90. The molecule has 1 aliphatic rings. The highest BCUT2D eigenvalue weighted by Crippen LogP contribution is 2.22. The Morgan fingerprint density at radius 2 is 2.42 bits per heavy atom. The van der Waals surface area contributed by atoms with Gasteiger partial charge in [0.15, 0.2) is 9.84 Å². The van der Waals surface area contributed by atoms with E-state index < -0.39 is 15.2 Å². The summed E-state index contributed by atoms with van der Waals surface area (Å²) in [5, 5.41) is 8.55. The first kappa shape index (κ1) is 14.3. The average molecular weight is 297 g/mol. The standard InChI is InChI=1S/C12H15N3O2S2/c1-19(16,17)12-9-18-6-5-15(12)8-10-3-2-4-14-11(10)7-13/h2-4,12H,5-6,8-9H2,1H3. The van der Waals surface area contributed by atoms with Crippen molar-refractivity contribution in [3.05, 3.63) is 29.6 Å². The van der Waals surface area contributed by atoms with Crippen molar-refractivity contribution in [2.24, 2.45) is 0 Å². The van der Waals surface area contributed by atoms with E-state index >= 15 is 0 Å². The molecule has 5 nitrogen and oxygen atoms in total. The van der Waals surface area contributed by atoms with Gasteiger partial charge in [-0.05, 0) is 6.07 Å². The molecule has 0 aromatic carbocycles. The molecule has 2 heterocycles. The molecule has 0 saturated carbocycles. The summed E-state index contributed by atoms with van der Waals surface area (Å²) in [6.45, 7) is 1.16. The predicted molar refractivity (Wildman–Crippen MR) is 75.3 cm³/mol. The van der Waals surface area contributed by atoms with E-state index in [1.54, 1.807) is 24.0 Å². The van der Waals surface area contributed by atoms with Gasteiger partial charge in [0.25, 0.3) is 0 Å². The number of hydrogen-bond acceptors (Lipinski definition) is 6. The molecule has 1 aromatic heterocycles. The highest BCUT2D eigenvalue weighted by Gasteiger charge is 2.31. The van der Waals surface area contributed by atoms with Crippen LogP contribution in [0.4, 0.5) is 0 Å². The SMILES string of the molecule is CS(=O)(=O)C1CSCCN1Cc1cccnc1C#N. The Morgan fingerprint density at radius 3 is 3.11 bits per heavy atom. The van der Waals surface area contributed by atoms with E-state index in [-0.39, 0.29) is 0 Å². The zero-order valence-corrected chi connectivity index (χ0v) is 12.2. The number of nitriles is 1. The molecule has 1 fully saturated rings. The lowest BCUT2D eigenvalue weighted by Crippen LogP contribution is -2.46. The van der Waals surface area contributed by atoms with Gasteiger partial charge in [-0.15, -0.1) is 0 Å². The van der Waals surface area contributed by atoms with Gasteiger partial charge >= 0.3 is 0 Å². The fourth-order valence-corrected chi connectivity index (χ4v) is 5.02. The summed E-state index contributed by atoms with van der Waals surface area (Å²) >= 11 is 1.65. The van der Waals surface area contributed by atoms with Crippen LogP contribution < -0.4 is 0 Å². The van der Waals surface area contributed by atoms with Crippen LogP contribution in [0.1, 0.15) is 11.3 Å². The van der Waals surface area contributed by atoms with E-state index in [4.69, 9.17) is 5.26 Å². The van der Waals surface area contributed by atoms with Crippen LogP contribution in [0.3, 0.4) is 0 Å². The molecule has 0 aliphatic carbocycles. The van der Waals surface area contributed by atoms with E-state index in [1.807, 2.05) is 17.0 Å². The minimum atomic E-state index is -3.11. The third-order valence-corrected chi connectivity index (χ3v) is 5.74. The average Bonchev–Trinajstić information content (AvgIpc) is 2.39.